The molecule has 3 nitrogen and oxygen atoms in total. The number of hydrogen-bond donors (Lipinski definition) is 0. The molecule has 0 aliphatic heterocycles. The van der Waals surface area contributed by atoms with Gasteiger partial charge in [0.25, 0.3) is 0 Å². The normalized spacial score (nSPS) is 10.0. The molecular weight excluding hydrogens is 188 g/mol. The Labute approximate surface area is 89.9 Å². The van der Waals surface area contributed by atoms with Crippen LogP contribution in [0.25, 0.3) is 0 Å². The Bertz CT molecular complexity index is 391. The zero-order valence-corrected chi connectivity index (χ0v) is 9.03. The van der Waals surface area contributed by atoms with Crippen LogP contribution in [0.5, 0.6) is 0 Å². The molecule has 78 valence electrons. The Balaban J connectivity index is 2.70. The van der Waals surface area contributed by atoms with Crippen LogP contribution in [-0.4, -0.2) is 31.3 Å². The summed E-state index contributed by atoms with van der Waals surface area (Å²) < 4.78 is 0. The van der Waals surface area contributed by atoms with E-state index in [0.717, 1.165) is 6.54 Å². The number of ketones is 1. The van der Waals surface area contributed by atoms with Crippen LogP contribution in [0.2, 0.25) is 0 Å². The van der Waals surface area contributed by atoms with E-state index >= 15 is 0 Å². The molecule has 3 heteroatoms. The highest BCUT2D eigenvalue weighted by Gasteiger charge is 2.06. The van der Waals surface area contributed by atoms with Gasteiger partial charge >= 0.3 is 0 Å². The van der Waals surface area contributed by atoms with E-state index < -0.39 is 0 Å². The Kier molecular flexibility index (Phi) is 4.02. The minimum Gasteiger partial charge on any atom is -0.309 e. The van der Waals surface area contributed by atoms with E-state index in [2.05, 4.69) is 0 Å². The minimum absolute atomic E-state index is 0.0841. The lowest BCUT2D eigenvalue weighted by Crippen LogP contribution is -2.16. The molecule has 0 amide bonds. The Morgan fingerprint density at radius 1 is 1.47 bits per heavy atom. The summed E-state index contributed by atoms with van der Waals surface area (Å²) in [5.41, 5.74) is 1.15. The second-order valence-electron chi connectivity index (χ2n) is 3.67. The third-order valence-corrected chi connectivity index (χ3v) is 2.10. The zero-order chi connectivity index (χ0) is 11.3. The Morgan fingerprint density at radius 2 is 2.20 bits per heavy atom. The highest BCUT2D eigenvalue weighted by Crippen LogP contribution is 2.07. The lowest BCUT2D eigenvalue weighted by Gasteiger charge is -2.08. The summed E-state index contributed by atoms with van der Waals surface area (Å²) in [7, 11) is 3.86. The number of rotatable bonds is 4. The van der Waals surface area contributed by atoms with Crippen molar-refractivity contribution in [1.82, 2.24) is 4.90 Å². The molecule has 1 aromatic carbocycles. The smallest absolute Gasteiger partial charge is 0.164 e. The Hall–Kier alpha value is -1.66. The maximum atomic E-state index is 11.7. The van der Waals surface area contributed by atoms with Gasteiger partial charge in [-0.2, -0.15) is 5.26 Å². The van der Waals surface area contributed by atoms with Gasteiger partial charge in [-0.3, -0.25) is 4.79 Å². The second-order valence-corrected chi connectivity index (χ2v) is 3.67. The fourth-order valence-corrected chi connectivity index (χ4v) is 1.23. The maximum absolute atomic E-state index is 11.7. The van der Waals surface area contributed by atoms with Gasteiger partial charge in [0.1, 0.15) is 0 Å². The van der Waals surface area contributed by atoms with Gasteiger partial charge in [-0.1, -0.05) is 12.1 Å². The van der Waals surface area contributed by atoms with E-state index in [-0.39, 0.29) is 5.78 Å². The number of Topliss-reactive ketones (excluding diaryl/α,β-unsaturated/α-hetero) is 1. The van der Waals surface area contributed by atoms with Gasteiger partial charge < -0.3 is 4.90 Å². The molecule has 0 unspecified atom stereocenters. The van der Waals surface area contributed by atoms with Crippen LogP contribution in [0.15, 0.2) is 24.3 Å². The standard InChI is InChI=1S/C12H14N2O/c1-14(2)7-6-12(15)11-5-3-4-10(8-11)9-13/h3-5,8H,6-7H2,1-2H3. The van der Waals surface area contributed by atoms with Crippen molar-refractivity contribution >= 4 is 5.78 Å². The van der Waals surface area contributed by atoms with Crippen molar-refractivity contribution in [3.05, 3.63) is 35.4 Å². The molecule has 0 fully saturated rings. The molecule has 1 rings (SSSR count). The fraction of sp³-hybridized carbons (Fsp3) is 0.333. The molecule has 0 radical (unpaired) electrons. The number of hydrogen-bond acceptors (Lipinski definition) is 3. The molecular formula is C12H14N2O. The molecule has 0 atom stereocenters. The summed E-state index contributed by atoms with van der Waals surface area (Å²) in [5.74, 6) is 0.0841. The number of nitriles is 1. The zero-order valence-electron chi connectivity index (χ0n) is 9.03. The van der Waals surface area contributed by atoms with Crippen LogP contribution in [0.3, 0.4) is 0 Å². The third-order valence-electron chi connectivity index (χ3n) is 2.10. The van der Waals surface area contributed by atoms with E-state index in [1.807, 2.05) is 25.1 Å². The van der Waals surface area contributed by atoms with Crippen LogP contribution >= 0.6 is 0 Å². The van der Waals surface area contributed by atoms with Crippen molar-refractivity contribution in [3.63, 3.8) is 0 Å². The Morgan fingerprint density at radius 3 is 2.80 bits per heavy atom. The summed E-state index contributed by atoms with van der Waals surface area (Å²) in [6, 6.07) is 8.84. The van der Waals surface area contributed by atoms with E-state index in [1.165, 1.54) is 0 Å². The molecule has 0 N–H and O–H groups in total. The van der Waals surface area contributed by atoms with Gasteiger partial charge in [0.15, 0.2) is 5.78 Å². The average molecular weight is 202 g/mol. The molecule has 0 spiro atoms. The van der Waals surface area contributed by atoms with E-state index in [4.69, 9.17) is 5.26 Å². The first kappa shape index (κ1) is 11.4. The topological polar surface area (TPSA) is 44.1 Å². The summed E-state index contributed by atoms with van der Waals surface area (Å²) in [6.07, 6.45) is 0.488. The van der Waals surface area contributed by atoms with E-state index in [9.17, 15) is 4.79 Å². The molecule has 0 bridgehead atoms. The van der Waals surface area contributed by atoms with Crippen LogP contribution < -0.4 is 0 Å². The van der Waals surface area contributed by atoms with Gasteiger partial charge in [-0.15, -0.1) is 0 Å². The SMILES string of the molecule is CN(C)CCC(=O)c1cccc(C#N)c1. The molecule has 0 aliphatic rings. The second kappa shape index (κ2) is 5.28. The fourth-order valence-electron chi connectivity index (χ4n) is 1.23. The molecule has 1 aromatic rings. The summed E-state index contributed by atoms with van der Waals surface area (Å²) in [5, 5.41) is 8.69. The van der Waals surface area contributed by atoms with Gasteiger partial charge in [-0.05, 0) is 26.2 Å². The van der Waals surface area contributed by atoms with Crippen molar-refractivity contribution < 1.29 is 4.79 Å². The lowest BCUT2D eigenvalue weighted by atomic mass is 10.1. The predicted molar refractivity (Wildman–Crippen MR) is 58.7 cm³/mol. The molecule has 0 saturated carbocycles. The van der Waals surface area contributed by atoms with Gasteiger partial charge in [0.05, 0.1) is 11.6 Å². The summed E-state index contributed by atoms with van der Waals surface area (Å²) >= 11 is 0. The van der Waals surface area contributed by atoms with Gasteiger partial charge in [0.2, 0.25) is 0 Å². The maximum Gasteiger partial charge on any atom is 0.164 e. The number of carbonyl (C=O) groups excluding carboxylic acids is 1. The van der Waals surface area contributed by atoms with Crippen molar-refractivity contribution in [2.45, 2.75) is 6.42 Å². The van der Waals surface area contributed by atoms with Gasteiger partial charge in [0, 0.05) is 18.5 Å². The van der Waals surface area contributed by atoms with Crippen LogP contribution in [0.4, 0.5) is 0 Å². The molecule has 15 heavy (non-hydrogen) atoms. The van der Waals surface area contributed by atoms with Crippen LogP contribution in [0.1, 0.15) is 22.3 Å². The quantitative estimate of drug-likeness (QED) is 0.698. The molecule has 0 saturated heterocycles. The monoisotopic (exact) mass is 202 g/mol. The van der Waals surface area contributed by atoms with Crippen LogP contribution in [-0.2, 0) is 0 Å². The highest BCUT2D eigenvalue weighted by atomic mass is 16.1. The average Bonchev–Trinajstić information content (AvgIpc) is 2.26. The molecule has 0 aliphatic carbocycles. The number of nitrogens with zero attached hydrogens (tertiary/aromatic N) is 2. The van der Waals surface area contributed by atoms with Crippen molar-refractivity contribution in [2.75, 3.05) is 20.6 Å². The summed E-state index contributed by atoms with van der Waals surface area (Å²) in [6.45, 7) is 0.732. The first-order valence-corrected chi connectivity index (χ1v) is 4.81. The van der Waals surface area contributed by atoms with Crippen molar-refractivity contribution in [1.29, 1.82) is 5.26 Å². The predicted octanol–water partition coefficient (Wildman–Crippen LogP) is 1.69. The van der Waals surface area contributed by atoms with Crippen LogP contribution in [0, 0.1) is 11.3 Å². The molecule has 0 heterocycles. The third kappa shape index (κ3) is 3.53. The first-order valence-electron chi connectivity index (χ1n) is 4.81. The van der Waals surface area contributed by atoms with Gasteiger partial charge in [-0.25, -0.2) is 0 Å². The first-order chi connectivity index (χ1) is 7.13. The number of carbonyl (C=O) groups is 1. The highest BCUT2D eigenvalue weighted by molar-refractivity contribution is 5.96. The van der Waals surface area contributed by atoms with E-state index in [1.54, 1.807) is 24.3 Å². The summed E-state index contributed by atoms with van der Waals surface area (Å²) in [4.78, 5) is 13.6. The largest absolute Gasteiger partial charge is 0.309 e. The number of benzene rings is 1. The minimum atomic E-state index is 0.0841. The molecule has 0 aromatic heterocycles. The lowest BCUT2D eigenvalue weighted by molar-refractivity contribution is 0.0972. The van der Waals surface area contributed by atoms with E-state index in [0.29, 0.717) is 17.5 Å². The van der Waals surface area contributed by atoms with Crippen molar-refractivity contribution in [3.8, 4) is 6.07 Å². The van der Waals surface area contributed by atoms with Crippen molar-refractivity contribution in [2.24, 2.45) is 0 Å².